The van der Waals surface area contributed by atoms with Gasteiger partial charge in [-0.05, 0) is 12.1 Å². The molecule has 1 fully saturated rings. The fourth-order valence-corrected chi connectivity index (χ4v) is 2.25. The van der Waals surface area contributed by atoms with E-state index in [2.05, 4.69) is 0 Å². The Kier molecular flexibility index (Phi) is 5.27. The summed E-state index contributed by atoms with van der Waals surface area (Å²) < 4.78 is 10.4. The number of halogens is 2. The van der Waals surface area contributed by atoms with Gasteiger partial charge in [-0.2, -0.15) is 0 Å². The maximum absolute atomic E-state index is 12.1. The first-order valence-electron chi connectivity index (χ1n) is 6.17. The van der Waals surface area contributed by atoms with E-state index < -0.39 is 17.9 Å². The minimum Gasteiger partial charge on any atom is -0.482 e. The van der Waals surface area contributed by atoms with Crippen molar-refractivity contribution in [3.63, 3.8) is 0 Å². The molecule has 0 bridgehead atoms. The number of hydrogen-bond donors (Lipinski definition) is 1. The maximum Gasteiger partial charge on any atom is 0.328 e. The van der Waals surface area contributed by atoms with Gasteiger partial charge in [0, 0.05) is 17.6 Å². The third-order valence-corrected chi connectivity index (χ3v) is 3.53. The fraction of sp³-hybridized carbons (Fsp3) is 0.385. The summed E-state index contributed by atoms with van der Waals surface area (Å²) in [6.07, 6.45) is 0. The van der Waals surface area contributed by atoms with Crippen LogP contribution in [0.15, 0.2) is 18.2 Å². The number of hydrogen-bond acceptors (Lipinski definition) is 4. The van der Waals surface area contributed by atoms with Gasteiger partial charge in [0.05, 0.1) is 18.2 Å². The van der Waals surface area contributed by atoms with Crippen LogP contribution in [0.2, 0.25) is 10.0 Å². The van der Waals surface area contributed by atoms with Crippen LogP contribution in [0.4, 0.5) is 0 Å². The van der Waals surface area contributed by atoms with Crippen molar-refractivity contribution in [2.45, 2.75) is 6.04 Å². The SMILES string of the molecule is O=C(O)[C@H]1COCCN1C(=O)COc1cc(Cl)ccc1Cl. The van der Waals surface area contributed by atoms with Gasteiger partial charge < -0.3 is 19.5 Å². The molecular weight excluding hydrogens is 321 g/mol. The van der Waals surface area contributed by atoms with E-state index in [9.17, 15) is 9.59 Å². The Morgan fingerprint density at radius 2 is 2.19 bits per heavy atom. The van der Waals surface area contributed by atoms with Crippen molar-refractivity contribution in [1.29, 1.82) is 0 Å². The lowest BCUT2D eigenvalue weighted by molar-refractivity contribution is -0.159. The number of rotatable bonds is 4. The molecule has 1 aliphatic rings. The highest BCUT2D eigenvalue weighted by Gasteiger charge is 2.32. The lowest BCUT2D eigenvalue weighted by atomic mass is 10.2. The van der Waals surface area contributed by atoms with E-state index in [0.717, 1.165) is 0 Å². The molecule has 1 aromatic rings. The van der Waals surface area contributed by atoms with E-state index in [4.69, 9.17) is 37.8 Å². The molecule has 1 aromatic carbocycles. The summed E-state index contributed by atoms with van der Waals surface area (Å²) >= 11 is 11.7. The average Bonchev–Trinajstić information content (AvgIpc) is 2.47. The van der Waals surface area contributed by atoms with Crippen molar-refractivity contribution >= 4 is 35.1 Å². The van der Waals surface area contributed by atoms with Crippen LogP contribution in [0.1, 0.15) is 0 Å². The van der Waals surface area contributed by atoms with Crippen LogP contribution in [0.5, 0.6) is 5.75 Å². The summed E-state index contributed by atoms with van der Waals surface area (Å²) in [5.41, 5.74) is 0. The number of carbonyl (C=O) groups excluding carboxylic acids is 1. The lowest BCUT2D eigenvalue weighted by Gasteiger charge is -2.32. The number of aliphatic carboxylic acids is 1. The van der Waals surface area contributed by atoms with Crippen LogP contribution in [-0.2, 0) is 14.3 Å². The Balaban J connectivity index is 2.00. The van der Waals surface area contributed by atoms with Gasteiger partial charge in [0.15, 0.2) is 12.6 Å². The van der Waals surface area contributed by atoms with Crippen molar-refractivity contribution in [3.05, 3.63) is 28.2 Å². The van der Waals surface area contributed by atoms with Crippen LogP contribution in [-0.4, -0.2) is 54.3 Å². The average molecular weight is 334 g/mol. The van der Waals surface area contributed by atoms with Crippen molar-refractivity contribution < 1.29 is 24.2 Å². The molecule has 21 heavy (non-hydrogen) atoms. The Bertz CT molecular complexity index is 551. The summed E-state index contributed by atoms with van der Waals surface area (Å²) in [6, 6.07) is 3.65. The summed E-state index contributed by atoms with van der Waals surface area (Å²) in [7, 11) is 0. The van der Waals surface area contributed by atoms with Crippen molar-refractivity contribution in [1.82, 2.24) is 4.90 Å². The van der Waals surface area contributed by atoms with Crippen LogP contribution in [0, 0.1) is 0 Å². The Morgan fingerprint density at radius 1 is 1.43 bits per heavy atom. The van der Waals surface area contributed by atoms with E-state index in [1.165, 1.54) is 11.0 Å². The minimum atomic E-state index is -1.11. The zero-order valence-corrected chi connectivity index (χ0v) is 12.4. The highest BCUT2D eigenvalue weighted by molar-refractivity contribution is 6.34. The molecule has 0 unspecified atom stereocenters. The predicted molar refractivity (Wildman–Crippen MR) is 75.9 cm³/mol. The standard InChI is InChI=1S/C13H13Cl2NO5/c14-8-1-2-9(15)11(5-8)21-7-12(17)16-3-4-20-6-10(16)13(18)19/h1-2,5,10H,3-4,6-7H2,(H,18,19)/t10-/m1/s1. The molecule has 6 nitrogen and oxygen atoms in total. The van der Waals surface area contributed by atoms with Crippen LogP contribution >= 0.6 is 23.2 Å². The molecule has 1 N–H and O–H groups in total. The molecule has 2 rings (SSSR count). The monoisotopic (exact) mass is 333 g/mol. The second-order valence-corrected chi connectivity index (χ2v) is 5.22. The molecule has 1 heterocycles. The molecule has 1 aliphatic heterocycles. The van der Waals surface area contributed by atoms with Gasteiger partial charge in [0.25, 0.3) is 5.91 Å². The Hall–Kier alpha value is -1.50. The number of carbonyl (C=O) groups is 2. The predicted octanol–water partition coefficient (Wildman–Crippen LogP) is 1.68. The molecular formula is C13H13Cl2NO5. The number of carboxylic acid groups (broad SMARTS) is 1. The number of amides is 1. The Labute approximate surface area is 131 Å². The third-order valence-electron chi connectivity index (χ3n) is 2.98. The van der Waals surface area contributed by atoms with E-state index in [-0.39, 0.29) is 25.5 Å². The molecule has 8 heteroatoms. The first-order chi connectivity index (χ1) is 9.99. The highest BCUT2D eigenvalue weighted by Crippen LogP contribution is 2.27. The first-order valence-corrected chi connectivity index (χ1v) is 6.92. The number of nitrogens with zero attached hydrogens (tertiary/aromatic N) is 1. The molecule has 0 saturated carbocycles. The molecule has 1 saturated heterocycles. The van der Waals surface area contributed by atoms with Crippen molar-refractivity contribution in [3.8, 4) is 5.75 Å². The number of ether oxygens (including phenoxy) is 2. The summed E-state index contributed by atoms with van der Waals surface area (Å²) in [5.74, 6) is -1.27. The Morgan fingerprint density at radius 3 is 2.90 bits per heavy atom. The largest absolute Gasteiger partial charge is 0.482 e. The van der Waals surface area contributed by atoms with Gasteiger partial charge in [0.1, 0.15) is 5.75 Å². The zero-order chi connectivity index (χ0) is 15.4. The minimum absolute atomic E-state index is 0.0288. The van der Waals surface area contributed by atoms with Gasteiger partial charge in [0.2, 0.25) is 0 Å². The fourth-order valence-electron chi connectivity index (χ4n) is 1.92. The smallest absolute Gasteiger partial charge is 0.328 e. The van der Waals surface area contributed by atoms with Gasteiger partial charge in [-0.25, -0.2) is 4.79 Å². The molecule has 0 aromatic heterocycles. The van der Waals surface area contributed by atoms with Crippen molar-refractivity contribution in [2.24, 2.45) is 0 Å². The van der Waals surface area contributed by atoms with E-state index in [1.807, 2.05) is 0 Å². The van der Waals surface area contributed by atoms with E-state index in [0.29, 0.717) is 16.7 Å². The summed E-state index contributed by atoms with van der Waals surface area (Å²) in [5, 5.41) is 9.82. The lowest BCUT2D eigenvalue weighted by Crippen LogP contribution is -2.53. The van der Waals surface area contributed by atoms with Crippen LogP contribution in [0.3, 0.4) is 0 Å². The zero-order valence-electron chi connectivity index (χ0n) is 10.9. The second-order valence-electron chi connectivity index (χ2n) is 4.38. The second kappa shape index (κ2) is 6.98. The van der Waals surface area contributed by atoms with Crippen LogP contribution < -0.4 is 4.74 Å². The summed E-state index contributed by atoms with van der Waals surface area (Å²) in [6.45, 7) is 0.165. The molecule has 1 atom stereocenters. The molecule has 0 radical (unpaired) electrons. The van der Waals surface area contributed by atoms with Gasteiger partial charge >= 0.3 is 5.97 Å². The quantitative estimate of drug-likeness (QED) is 0.907. The van der Waals surface area contributed by atoms with Crippen molar-refractivity contribution in [2.75, 3.05) is 26.4 Å². The molecule has 0 aliphatic carbocycles. The number of carboxylic acids is 1. The van der Waals surface area contributed by atoms with Gasteiger partial charge in [-0.3, -0.25) is 4.79 Å². The molecule has 114 valence electrons. The maximum atomic E-state index is 12.1. The van der Waals surface area contributed by atoms with E-state index >= 15 is 0 Å². The normalized spacial score (nSPS) is 18.4. The number of benzene rings is 1. The highest BCUT2D eigenvalue weighted by atomic mass is 35.5. The van der Waals surface area contributed by atoms with E-state index in [1.54, 1.807) is 12.1 Å². The van der Waals surface area contributed by atoms with Gasteiger partial charge in [-0.1, -0.05) is 23.2 Å². The first kappa shape index (κ1) is 15.9. The van der Waals surface area contributed by atoms with Crippen LogP contribution in [0.25, 0.3) is 0 Å². The number of morpholine rings is 1. The molecule has 0 spiro atoms. The third kappa shape index (κ3) is 4.00. The topological polar surface area (TPSA) is 76.1 Å². The van der Waals surface area contributed by atoms with Gasteiger partial charge in [-0.15, -0.1) is 0 Å². The molecule has 1 amide bonds. The summed E-state index contributed by atoms with van der Waals surface area (Å²) in [4.78, 5) is 24.4.